The molecule has 0 bridgehead atoms. The van der Waals surface area contributed by atoms with Crippen LogP contribution in [0.5, 0.6) is 0 Å². The summed E-state index contributed by atoms with van der Waals surface area (Å²) in [6.07, 6.45) is -1.12. The second-order valence-corrected chi connectivity index (χ2v) is 6.45. The smallest absolute Gasteiger partial charge is 0.321 e. The van der Waals surface area contributed by atoms with Gasteiger partial charge >= 0.3 is 12.0 Å². The number of halogens is 1. The van der Waals surface area contributed by atoms with E-state index in [2.05, 4.69) is 10.6 Å². The number of urea groups is 1. The molecule has 0 radical (unpaired) electrons. The van der Waals surface area contributed by atoms with Crippen molar-refractivity contribution in [2.45, 2.75) is 20.0 Å². The maximum Gasteiger partial charge on any atom is 0.321 e. The number of esters is 1. The lowest BCUT2D eigenvalue weighted by Gasteiger charge is -2.13. The van der Waals surface area contributed by atoms with Crippen molar-refractivity contribution in [3.05, 3.63) is 29.3 Å². The molecule has 1 aromatic rings. The predicted molar refractivity (Wildman–Crippen MR) is 100 cm³/mol. The van der Waals surface area contributed by atoms with Gasteiger partial charge in [0.2, 0.25) is 5.91 Å². The molecular weight excluding hydrogens is 382 g/mol. The van der Waals surface area contributed by atoms with Crippen molar-refractivity contribution < 1.29 is 23.9 Å². The molecule has 0 spiro atoms. The SMILES string of the molecule is CCNC(=O)NC(=O)[C@H](C)OC(=O)CSCC(=O)Nc1ccc(Cl)cc1. The third kappa shape index (κ3) is 8.72. The van der Waals surface area contributed by atoms with Crippen LogP contribution in [-0.2, 0) is 19.1 Å². The van der Waals surface area contributed by atoms with Gasteiger partial charge in [-0.2, -0.15) is 0 Å². The van der Waals surface area contributed by atoms with Gasteiger partial charge in [0, 0.05) is 17.3 Å². The van der Waals surface area contributed by atoms with Crippen LogP contribution in [0.3, 0.4) is 0 Å². The number of benzene rings is 1. The van der Waals surface area contributed by atoms with Crippen LogP contribution < -0.4 is 16.0 Å². The molecular formula is C16H20ClN3O5S. The minimum atomic E-state index is -1.12. The summed E-state index contributed by atoms with van der Waals surface area (Å²) in [5.41, 5.74) is 0.596. The van der Waals surface area contributed by atoms with Crippen molar-refractivity contribution in [3.63, 3.8) is 0 Å². The molecule has 8 nitrogen and oxygen atoms in total. The van der Waals surface area contributed by atoms with E-state index >= 15 is 0 Å². The van der Waals surface area contributed by atoms with E-state index in [1.807, 2.05) is 5.32 Å². The molecule has 0 saturated heterocycles. The molecule has 1 atom stereocenters. The molecule has 4 amide bonds. The summed E-state index contributed by atoms with van der Waals surface area (Å²) >= 11 is 6.80. The third-order valence-electron chi connectivity index (χ3n) is 2.83. The quantitative estimate of drug-likeness (QED) is 0.572. The van der Waals surface area contributed by atoms with E-state index in [1.165, 1.54) is 6.92 Å². The Hall–Kier alpha value is -2.26. The number of amides is 4. The number of nitrogens with one attached hydrogen (secondary N) is 3. The highest BCUT2D eigenvalue weighted by molar-refractivity contribution is 8.00. The van der Waals surface area contributed by atoms with E-state index in [-0.39, 0.29) is 17.4 Å². The Morgan fingerprint density at radius 1 is 1.15 bits per heavy atom. The zero-order valence-corrected chi connectivity index (χ0v) is 15.9. The normalized spacial score (nSPS) is 11.2. The third-order valence-corrected chi connectivity index (χ3v) is 3.99. The molecule has 0 saturated carbocycles. The van der Waals surface area contributed by atoms with E-state index in [9.17, 15) is 19.2 Å². The van der Waals surface area contributed by atoms with Gasteiger partial charge in [-0.15, -0.1) is 11.8 Å². The number of anilines is 1. The van der Waals surface area contributed by atoms with Crippen molar-refractivity contribution in [1.82, 2.24) is 10.6 Å². The van der Waals surface area contributed by atoms with Gasteiger partial charge in [-0.3, -0.25) is 19.7 Å². The van der Waals surface area contributed by atoms with Crippen LogP contribution in [0, 0.1) is 0 Å². The monoisotopic (exact) mass is 401 g/mol. The molecule has 0 unspecified atom stereocenters. The number of rotatable bonds is 8. The van der Waals surface area contributed by atoms with Crippen LogP contribution in [0.15, 0.2) is 24.3 Å². The van der Waals surface area contributed by atoms with Crippen LogP contribution in [0.25, 0.3) is 0 Å². The molecule has 0 aliphatic carbocycles. The summed E-state index contributed by atoms with van der Waals surface area (Å²) in [5, 5.41) is 7.65. The minimum Gasteiger partial charge on any atom is -0.452 e. The Kier molecular flexibility index (Phi) is 9.53. The van der Waals surface area contributed by atoms with Gasteiger partial charge in [0.25, 0.3) is 5.91 Å². The van der Waals surface area contributed by atoms with Gasteiger partial charge in [-0.1, -0.05) is 11.6 Å². The predicted octanol–water partition coefficient (Wildman–Crippen LogP) is 1.79. The van der Waals surface area contributed by atoms with Crippen LogP contribution in [0.2, 0.25) is 5.02 Å². The van der Waals surface area contributed by atoms with Crippen molar-refractivity contribution >= 4 is 52.9 Å². The highest BCUT2D eigenvalue weighted by atomic mass is 35.5. The molecule has 0 aliphatic rings. The number of ether oxygens (including phenoxy) is 1. The Bertz CT molecular complexity index is 654. The first-order valence-corrected chi connectivity index (χ1v) is 9.26. The minimum absolute atomic E-state index is 0.0389. The molecule has 0 heterocycles. The number of carbonyl (C=O) groups is 4. The first kappa shape index (κ1) is 21.8. The number of thioether (sulfide) groups is 1. The zero-order chi connectivity index (χ0) is 19.5. The maximum atomic E-state index is 11.8. The van der Waals surface area contributed by atoms with Gasteiger partial charge < -0.3 is 15.4 Å². The Morgan fingerprint density at radius 3 is 2.42 bits per heavy atom. The average molecular weight is 402 g/mol. The van der Waals surface area contributed by atoms with Crippen molar-refractivity contribution in [2.75, 3.05) is 23.4 Å². The van der Waals surface area contributed by atoms with E-state index in [0.29, 0.717) is 17.3 Å². The molecule has 1 aromatic carbocycles. The zero-order valence-electron chi connectivity index (χ0n) is 14.3. The van der Waals surface area contributed by atoms with Gasteiger partial charge in [0.1, 0.15) is 0 Å². The standard InChI is InChI=1S/C16H20ClN3O5S/c1-3-18-16(24)20-15(23)10(2)25-14(22)9-26-8-13(21)19-12-6-4-11(17)5-7-12/h4-7,10H,3,8-9H2,1-2H3,(H,19,21)(H2,18,20,23,24)/t10-/m0/s1. The largest absolute Gasteiger partial charge is 0.452 e. The van der Waals surface area contributed by atoms with E-state index in [1.54, 1.807) is 31.2 Å². The van der Waals surface area contributed by atoms with Crippen LogP contribution in [-0.4, -0.2) is 48.0 Å². The molecule has 0 aliphatic heterocycles. The van der Waals surface area contributed by atoms with Crippen molar-refractivity contribution in [1.29, 1.82) is 0 Å². The summed E-state index contributed by atoms with van der Waals surface area (Å²) in [7, 11) is 0. The fraction of sp³-hybridized carbons (Fsp3) is 0.375. The molecule has 3 N–H and O–H groups in total. The number of hydrogen-bond donors (Lipinski definition) is 3. The van der Waals surface area contributed by atoms with Crippen LogP contribution in [0.4, 0.5) is 10.5 Å². The Morgan fingerprint density at radius 2 is 1.81 bits per heavy atom. The average Bonchev–Trinajstić information content (AvgIpc) is 2.57. The van der Waals surface area contributed by atoms with Gasteiger partial charge in [0.05, 0.1) is 11.5 Å². The van der Waals surface area contributed by atoms with Gasteiger partial charge in [-0.05, 0) is 38.1 Å². The van der Waals surface area contributed by atoms with Crippen molar-refractivity contribution in [2.24, 2.45) is 0 Å². The number of hydrogen-bond acceptors (Lipinski definition) is 6. The highest BCUT2D eigenvalue weighted by Crippen LogP contribution is 2.14. The lowest BCUT2D eigenvalue weighted by Crippen LogP contribution is -2.44. The Labute approximate surface area is 160 Å². The lowest BCUT2D eigenvalue weighted by atomic mass is 10.3. The molecule has 1 rings (SSSR count). The lowest BCUT2D eigenvalue weighted by molar-refractivity contribution is -0.151. The van der Waals surface area contributed by atoms with Gasteiger partial charge in [-0.25, -0.2) is 4.79 Å². The van der Waals surface area contributed by atoms with E-state index < -0.39 is 24.0 Å². The van der Waals surface area contributed by atoms with Crippen LogP contribution in [0.1, 0.15) is 13.8 Å². The summed E-state index contributed by atoms with van der Waals surface area (Å²) in [6, 6.07) is 5.96. The molecule has 0 fully saturated rings. The van der Waals surface area contributed by atoms with E-state index in [0.717, 1.165) is 11.8 Å². The maximum absolute atomic E-state index is 11.8. The van der Waals surface area contributed by atoms with Gasteiger partial charge in [0.15, 0.2) is 6.10 Å². The summed E-state index contributed by atoms with van der Waals surface area (Å²) < 4.78 is 4.91. The molecule has 0 aromatic heterocycles. The number of imide groups is 1. The highest BCUT2D eigenvalue weighted by Gasteiger charge is 2.19. The Balaban J connectivity index is 2.26. The summed E-state index contributed by atoms with van der Waals surface area (Å²) in [6.45, 7) is 3.42. The summed E-state index contributed by atoms with van der Waals surface area (Å²) in [4.78, 5) is 46.3. The molecule has 10 heteroatoms. The molecule has 26 heavy (non-hydrogen) atoms. The van der Waals surface area contributed by atoms with Crippen LogP contribution >= 0.6 is 23.4 Å². The summed E-state index contributed by atoms with van der Waals surface area (Å²) in [5.74, 6) is -1.74. The fourth-order valence-electron chi connectivity index (χ4n) is 1.66. The topological polar surface area (TPSA) is 114 Å². The van der Waals surface area contributed by atoms with E-state index in [4.69, 9.17) is 16.3 Å². The fourth-order valence-corrected chi connectivity index (χ4v) is 2.38. The number of carbonyl (C=O) groups excluding carboxylic acids is 4. The first-order valence-electron chi connectivity index (χ1n) is 7.73. The second-order valence-electron chi connectivity index (χ2n) is 5.03. The van der Waals surface area contributed by atoms with Crippen molar-refractivity contribution in [3.8, 4) is 0 Å². The first-order chi connectivity index (χ1) is 12.3. The molecule has 142 valence electrons. The second kappa shape index (κ2) is 11.4.